The zero-order chi connectivity index (χ0) is 27.9. The minimum Gasteiger partial charge on any atom is -0.465 e. The van der Waals surface area contributed by atoms with Crippen LogP contribution in [0.4, 0.5) is 0 Å². The summed E-state index contributed by atoms with van der Waals surface area (Å²) in [4.78, 5) is 32.8. The molecule has 2 aromatic rings. The van der Waals surface area contributed by atoms with Gasteiger partial charge >= 0.3 is 5.97 Å². The first-order chi connectivity index (χ1) is 17.0. The highest BCUT2D eigenvalue weighted by Gasteiger charge is 2.06. The molecule has 0 aliphatic rings. The van der Waals surface area contributed by atoms with E-state index in [9.17, 15) is 14.4 Å². The Morgan fingerprint density at radius 1 is 0.917 bits per heavy atom. The molecule has 0 saturated carbocycles. The van der Waals surface area contributed by atoms with Gasteiger partial charge in [-0.3, -0.25) is 14.4 Å². The molecule has 204 valence electrons. The molecule has 8 heteroatoms. The van der Waals surface area contributed by atoms with Gasteiger partial charge in [-0.25, -0.2) is 0 Å². The van der Waals surface area contributed by atoms with Crippen LogP contribution < -0.4 is 5.32 Å². The van der Waals surface area contributed by atoms with Crippen LogP contribution in [0.25, 0.3) is 0 Å². The molecule has 0 spiro atoms. The third-order valence-electron chi connectivity index (χ3n) is 4.17. The first-order valence-electron chi connectivity index (χ1n) is 12.3. The van der Waals surface area contributed by atoms with Crippen LogP contribution in [0.2, 0.25) is 4.34 Å². The molecule has 0 bridgehead atoms. The molecule has 1 heterocycles. The standard InChI is InChI=1S/C8H10.2C7H14O2.C6H6ClNOS/c1-7-3-5-8(2)6-4-7;1-4-5-9-7(8)6(2)3;1-3-5-9-6-7(8)4-2;1-8-6(9)4-2-3-5(7)10-4/h3-6H,1-2H3;6H,4-5H2,1-3H3;3-6H2,1-2H3;2-3H,1H3,(H,8,9). The van der Waals surface area contributed by atoms with Crippen molar-refractivity contribution in [3.63, 3.8) is 0 Å². The molecule has 0 saturated heterocycles. The van der Waals surface area contributed by atoms with Crippen molar-refractivity contribution in [2.75, 3.05) is 26.9 Å². The third kappa shape index (κ3) is 21.1. The maximum absolute atomic E-state index is 10.9. The lowest BCUT2D eigenvalue weighted by molar-refractivity contribution is -0.147. The van der Waals surface area contributed by atoms with E-state index in [0.717, 1.165) is 12.8 Å². The SMILES string of the molecule is CCCOC(=O)C(C)C.CCCOCC(=O)CC.CNC(=O)c1ccc(Cl)s1.Cc1ccc(C)cc1. The number of hydrogen-bond donors (Lipinski definition) is 1. The lowest BCUT2D eigenvalue weighted by Crippen LogP contribution is -2.15. The van der Waals surface area contributed by atoms with Crippen LogP contribution in [0.3, 0.4) is 0 Å². The zero-order valence-electron chi connectivity index (χ0n) is 23.1. The van der Waals surface area contributed by atoms with E-state index in [-0.39, 0.29) is 23.6 Å². The smallest absolute Gasteiger partial charge is 0.308 e. The first-order valence-corrected chi connectivity index (χ1v) is 13.5. The van der Waals surface area contributed by atoms with Gasteiger partial charge in [-0.2, -0.15) is 0 Å². The monoisotopic (exact) mass is 541 g/mol. The average molecular weight is 542 g/mol. The molecule has 1 aromatic heterocycles. The molecule has 2 rings (SSSR count). The van der Waals surface area contributed by atoms with Crippen LogP contribution in [0.15, 0.2) is 36.4 Å². The van der Waals surface area contributed by atoms with Crippen LogP contribution in [0.1, 0.15) is 74.7 Å². The van der Waals surface area contributed by atoms with E-state index in [2.05, 4.69) is 43.4 Å². The summed E-state index contributed by atoms with van der Waals surface area (Å²) in [5, 5.41) is 2.51. The number of hydrogen-bond acceptors (Lipinski definition) is 6. The molecular formula is C28H44ClNO5S. The fraction of sp³-hybridized carbons (Fsp3) is 0.536. The number of aryl methyl sites for hydroxylation is 2. The second-order valence-electron chi connectivity index (χ2n) is 8.10. The van der Waals surface area contributed by atoms with Crippen molar-refractivity contribution in [2.24, 2.45) is 5.92 Å². The highest BCUT2D eigenvalue weighted by atomic mass is 35.5. The van der Waals surface area contributed by atoms with Crippen molar-refractivity contribution in [1.29, 1.82) is 0 Å². The van der Waals surface area contributed by atoms with E-state index in [1.807, 2.05) is 34.6 Å². The summed E-state index contributed by atoms with van der Waals surface area (Å²) in [7, 11) is 1.59. The van der Waals surface area contributed by atoms with Gasteiger partial charge in [0.2, 0.25) is 0 Å². The van der Waals surface area contributed by atoms with E-state index < -0.39 is 0 Å². The third-order valence-corrected chi connectivity index (χ3v) is 5.40. The second kappa shape index (κ2) is 23.2. The topological polar surface area (TPSA) is 81.7 Å². The molecule has 1 aromatic carbocycles. The zero-order valence-corrected chi connectivity index (χ0v) is 24.7. The summed E-state index contributed by atoms with van der Waals surface area (Å²) >= 11 is 6.87. The number of carbonyl (C=O) groups is 3. The summed E-state index contributed by atoms with van der Waals surface area (Å²) in [5.41, 5.74) is 2.66. The molecule has 0 aliphatic carbocycles. The van der Waals surface area contributed by atoms with Gasteiger partial charge in [0.1, 0.15) is 6.61 Å². The molecule has 0 atom stereocenters. The van der Waals surface area contributed by atoms with Gasteiger partial charge in [0.15, 0.2) is 5.78 Å². The number of ketones is 1. The van der Waals surface area contributed by atoms with E-state index in [0.29, 0.717) is 35.5 Å². The summed E-state index contributed by atoms with van der Waals surface area (Å²) < 4.78 is 10.4. The first kappa shape index (κ1) is 35.9. The molecule has 1 N–H and O–H groups in total. The molecule has 6 nitrogen and oxygen atoms in total. The quantitative estimate of drug-likeness (QED) is 0.271. The highest BCUT2D eigenvalue weighted by Crippen LogP contribution is 2.20. The van der Waals surface area contributed by atoms with Crippen LogP contribution in [0, 0.1) is 19.8 Å². The van der Waals surface area contributed by atoms with Gasteiger partial charge in [0.25, 0.3) is 5.91 Å². The van der Waals surface area contributed by atoms with Gasteiger partial charge in [-0.15, -0.1) is 11.3 Å². The number of nitrogens with one attached hydrogen (secondary N) is 1. The van der Waals surface area contributed by atoms with Crippen molar-refractivity contribution >= 4 is 40.6 Å². The van der Waals surface area contributed by atoms with E-state index in [1.54, 1.807) is 19.2 Å². The fourth-order valence-corrected chi connectivity index (χ4v) is 2.99. The van der Waals surface area contributed by atoms with E-state index >= 15 is 0 Å². The number of ether oxygens (including phenoxy) is 2. The molecule has 1 amide bonds. The van der Waals surface area contributed by atoms with E-state index in [4.69, 9.17) is 21.1 Å². The lowest BCUT2D eigenvalue weighted by Gasteiger charge is -2.03. The van der Waals surface area contributed by atoms with Crippen molar-refractivity contribution in [3.8, 4) is 0 Å². The minimum absolute atomic E-state index is 0.0107. The number of esters is 1. The maximum Gasteiger partial charge on any atom is 0.308 e. The molecule has 36 heavy (non-hydrogen) atoms. The number of halogens is 1. The number of benzene rings is 1. The Balaban J connectivity index is 0. The van der Waals surface area contributed by atoms with Gasteiger partial charge in [-0.1, -0.05) is 81.6 Å². The predicted octanol–water partition coefficient (Wildman–Crippen LogP) is 7.05. The predicted molar refractivity (Wildman–Crippen MR) is 151 cm³/mol. The normalized spacial score (nSPS) is 9.50. The number of rotatable bonds is 9. The Morgan fingerprint density at radius 2 is 1.44 bits per heavy atom. The average Bonchev–Trinajstić information content (AvgIpc) is 3.31. The van der Waals surface area contributed by atoms with Crippen LogP contribution >= 0.6 is 22.9 Å². The number of amides is 1. The van der Waals surface area contributed by atoms with Crippen molar-refractivity contribution < 1.29 is 23.9 Å². The molecule has 0 radical (unpaired) electrons. The second-order valence-corrected chi connectivity index (χ2v) is 9.82. The fourth-order valence-electron chi connectivity index (χ4n) is 2.00. The number of carbonyl (C=O) groups excluding carboxylic acids is 3. The molecule has 0 fully saturated rings. The summed E-state index contributed by atoms with van der Waals surface area (Å²) in [6.45, 7) is 15.3. The maximum atomic E-state index is 10.9. The summed E-state index contributed by atoms with van der Waals surface area (Å²) in [6.07, 6.45) is 2.47. The van der Waals surface area contributed by atoms with Crippen molar-refractivity contribution in [1.82, 2.24) is 5.32 Å². The van der Waals surface area contributed by atoms with Crippen molar-refractivity contribution in [3.05, 3.63) is 56.7 Å². The lowest BCUT2D eigenvalue weighted by atomic mass is 10.2. The van der Waals surface area contributed by atoms with Gasteiger partial charge in [-0.05, 0) is 38.8 Å². The van der Waals surface area contributed by atoms with Crippen molar-refractivity contribution in [2.45, 2.75) is 67.7 Å². The molecule has 0 unspecified atom stereocenters. The van der Waals surface area contributed by atoms with Gasteiger partial charge in [0, 0.05) is 20.1 Å². The Kier molecular flexibility index (Phi) is 23.2. The number of Topliss-reactive ketones (excluding diaryl/α,β-unsaturated/α-hetero) is 1. The minimum atomic E-state index is -0.100. The van der Waals surface area contributed by atoms with Crippen LogP contribution in [-0.2, 0) is 19.1 Å². The molecule has 0 aliphatic heterocycles. The van der Waals surface area contributed by atoms with Crippen LogP contribution in [0.5, 0.6) is 0 Å². The Morgan fingerprint density at radius 3 is 1.81 bits per heavy atom. The summed E-state index contributed by atoms with van der Waals surface area (Å²) in [5.74, 6) is 0.00810. The van der Waals surface area contributed by atoms with E-state index in [1.165, 1.54) is 22.5 Å². The van der Waals surface area contributed by atoms with Crippen LogP contribution in [-0.4, -0.2) is 44.5 Å². The number of thiophene rings is 1. The largest absolute Gasteiger partial charge is 0.465 e. The Labute approximate surface area is 226 Å². The highest BCUT2D eigenvalue weighted by molar-refractivity contribution is 7.17. The summed E-state index contributed by atoms with van der Waals surface area (Å²) in [6, 6.07) is 11.9. The Bertz CT molecular complexity index is 829. The van der Waals surface area contributed by atoms with Gasteiger partial charge in [0.05, 0.1) is 21.7 Å². The Hall–Kier alpha value is -2.22. The van der Waals surface area contributed by atoms with Gasteiger partial charge < -0.3 is 14.8 Å². The molecular weight excluding hydrogens is 498 g/mol.